The molecule has 0 saturated heterocycles. The van der Waals surface area contributed by atoms with Gasteiger partial charge >= 0.3 is 0 Å². The van der Waals surface area contributed by atoms with Gasteiger partial charge in [0.25, 0.3) is 0 Å². The molecule has 5 heteroatoms. The van der Waals surface area contributed by atoms with E-state index in [2.05, 4.69) is 9.97 Å². The van der Waals surface area contributed by atoms with Crippen LogP contribution in [0.5, 0.6) is 0 Å². The summed E-state index contributed by atoms with van der Waals surface area (Å²) in [5, 5.41) is 0. The van der Waals surface area contributed by atoms with E-state index in [1.807, 2.05) is 0 Å². The molecule has 0 fully saturated rings. The van der Waals surface area contributed by atoms with Crippen LogP contribution < -0.4 is 0 Å². The average molecular weight is 248 g/mol. The largest absolute Gasteiger partial charge is 0.338 e. The number of nitrogens with zero attached hydrogens (tertiary/aromatic N) is 1. The van der Waals surface area contributed by atoms with E-state index in [-0.39, 0.29) is 11.4 Å². The molecule has 0 bridgehead atoms. The third-order valence-electron chi connectivity index (χ3n) is 2.64. The quantitative estimate of drug-likeness (QED) is 0.699. The molecule has 0 aliphatic rings. The molecule has 0 spiro atoms. The lowest BCUT2D eigenvalue weighted by molar-refractivity contribution is 0.588. The van der Waals surface area contributed by atoms with E-state index in [0.29, 0.717) is 11.0 Å². The summed E-state index contributed by atoms with van der Waals surface area (Å²) in [5.41, 5.74) is 0.607. The second kappa shape index (κ2) is 3.87. The van der Waals surface area contributed by atoms with Crippen molar-refractivity contribution in [3.05, 3.63) is 53.8 Å². The zero-order valence-corrected chi connectivity index (χ0v) is 9.05. The van der Waals surface area contributed by atoms with E-state index in [0.717, 1.165) is 12.1 Å². The van der Waals surface area contributed by atoms with Gasteiger partial charge in [-0.25, -0.2) is 18.2 Å². The molecule has 0 aliphatic heterocycles. The van der Waals surface area contributed by atoms with Gasteiger partial charge in [-0.2, -0.15) is 0 Å². The highest BCUT2D eigenvalue weighted by Crippen LogP contribution is 2.25. The van der Waals surface area contributed by atoms with Gasteiger partial charge in [-0.05, 0) is 30.3 Å². The topological polar surface area (TPSA) is 28.7 Å². The summed E-state index contributed by atoms with van der Waals surface area (Å²) < 4.78 is 40.2. The maximum atomic E-state index is 13.6. The van der Waals surface area contributed by atoms with Gasteiger partial charge in [0.15, 0.2) is 0 Å². The van der Waals surface area contributed by atoms with Crippen molar-refractivity contribution in [2.24, 2.45) is 0 Å². The van der Waals surface area contributed by atoms with Crippen LogP contribution >= 0.6 is 0 Å². The smallest absolute Gasteiger partial charge is 0.144 e. The standard InChI is InChI=1S/C13H7F3N2/c14-7-4-5-10-11(6-7)18-13(17-10)12-8(15)2-1-3-9(12)16/h1-6H,(H,17,18). The first-order chi connectivity index (χ1) is 8.65. The second-order valence-electron chi connectivity index (χ2n) is 3.84. The molecule has 1 heterocycles. The van der Waals surface area contributed by atoms with Crippen LogP contribution in [0.2, 0.25) is 0 Å². The Morgan fingerprint density at radius 2 is 1.67 bits per heavy atom. The number of hydrogen-bond donors (Lipinski definition) is 1. The molecular formula is C13H7F3N2. The summed E-state index contributed by atoms with van der Waals surface area (Å²) in [5.74, 6) is -1.82. The number of nitrogens with one attached hydrogen (secondary N) is 1. The van der Waals surface area contributed by atoms with Crippen molar-refractivity contribution >= 4 is 11.0 Å². The average Bonchev–Trinajstić information content (AvgIpc) is 2.71. The number of benzene rings is 2. The van der Waals surface area contributed by atoms with Gasteiger partial charge in [-0.3, -0.25) is 0 Å². The molecule has 0 unspecified atom stereocenters. The minimum atomic E-state index is -0.713. The lowest BCUT2D eigenvalue weighted by atomic mass is 10.2. The number of hydrogen-bond acceptors (Lipinski definition) is 1. The maximum absolute atomic E-state index is 13.6. The van der Waals surface area contributed by atoms with Crippen molar-refractivity contribution in [3.8, 4) is 11.4 Å². The zero-order chi connectivity index (χ0) is 12.7. The summed E-state index contributed by atoms with van der Waals surface area (Å²) in [7, 11) is 0. The first-order valence-corrected chi connectivity index (χ1v) is 5.25. The Hall–Kier alpha value is -2.30. The van der Waals surface area contributed by atoms with Gasteiger partial charge in [0, 0.05) is 0 Å². The highest BCUT2D eigenvalue weighted by molar-refractivity contribution is 5.79. The Balaban J connectivity index is 2.26. The zero-order valence-electron chi connectivity index (χ0n) is 9.05. The molecule has 2 aromatic carbocycles. The van der Waals surface area contributed by atoms with Crippen molar-refractivity contribution in [2.75, 3.05) is 0 Å². The van der Waals surface area contributed by atoms with Crippen LogP contribution in [0.4, 0.5) is 13.2 Å². The van der Waals surface area contributed by atoms with Crippen molar-refractivity contribution in [1.29, 1.82) is 0 Å². The van der Waals surface area contributed by atoms with Crippen LogP contribution in [-0.4, -0.2) is 9.97 Å². The molecule has 0 atom stereocenters. The summed E-state index contributed by atoms with van der Waals surface area (Å²) in [6.45, 7) is 0. The summed E-state index contributed by atoms with van der Waals surface area (Å²) in [6, 6.07) is 7.48. The fourth-order valence-corrected chi connectivity index (χ4v) is 1.82. The predicted molar refractivity (Wildman–Crippen MR) is 61.4 cm³/mol. The van der Waals surface area contributed by atoms with Crippen molar-refractivity contribution < 1.29 is 13.2 Å². The molecule has 90 valence electrons. The van der Waals surface area contributed by atoms with Crippen LogP contribution in [0.15, 0.2) is 36.4 Å². The van der Waals surface area contributed by atoms with Crippen LogP contribution in [0, 0.1) is 17.5 Å². The molecular weight excluding hydrogens is 241 g/mol. The van der Waals surface area contributed by atoms with Crippen LogP contribution in [0.3, 0.4) is 0 Å². The van der Waals surface area contributed by atoms with Crippen molar-refractivity contribution in [3.63, 3.8) is 0 Å². The number of rotatable bonds is 1. The molecule has 2 nitrogen and oxygen atoms in total. The van der Waals surface area contributed by atoms with Crippen LogP contribution in [-0.2, 0) is 0 Å². The first-order valence-electron chi connectivity index (χ1n) is 5.25. The molecule has 1 N–H and O–H groups in total. The Morgan fingerprint density at radius 1 is 0.944 bits per heavy atom. The number of aromatic amines is 1. The minimum Gasteiger partial charge on any atom is -0.338 e. The Kier molecular flexibility index (Phi) is 2.33. The fraction of sp³-hybridized carbons (Fsp3) is 0. The molecule has 1 aromatic heterocycles. The van der Waals surface area contributed by atoms with Gasteiger partial charge in [0.05, 0.1) is 16.6 Å². The normalized spacial score (nSPS) is 11.1. The number of fused-ring (bicyclic) bond motifs is 1. The third-order valence-corrected chi connectivity index (χ3v) is 2.64. The number of halogens is 3. The Labute approximate surface area is 100 Å². The van der Waals surface area contributed by atoms with Crippen molar-refractivity contribution in [2.45, 2.75) is 0 Å². The highest BCUT2D eigenvalue weighted by atomic mass is 19.1. The van der Waals surface area contributed by atoms with E-state index >= 15 is 0 Å². The second-order valence-corrected chi connectivity index (χ2v) is 3.84. The van der Waals surface area contributed by atoms with E-state index in [9.17, 15) is 13.2 Å². The lowest BCUT2D eigenvalue weighted by Gasteiger charge is -2.00. The molecule has 0 aliphatic carbocycles. The summed E-state index contributed by atoms with van der Waals surface area (Å²) in [4.78, 5) is 6.75. The van der Waals surface area contributed by atoms with Gasteiger partial charge in [0.2, 0.25) is 0 Å². The minimum absolute atomic E-state index is 0.0474. The van der Waals surface area contributed by atoms with Gasteiger partial charge < -0.3 is 4.98 Å². The van der Waals surface area contributed by atoms with Gasteiger partial charge in [-0.1, -0.05) is 6.07 Å². The third kappa shape index (κ3) is 1.64. The van der Waals surface area contributed by atoms with Crippen LogP contribution in [0.25, 0.3) is 22.4 Å². The van der Waals surface area contributed by atoms with Crippen LogP contribution in [0.1, 0.15) is 0 Å². The monoisotopic (exact) mass is 248 g/mol. The Bertz CT molecular complexity index is 714. The van der Waals surface area contributed by atoms with Gasteiger partial charge in [-0.15, -0.1) is 0 Å². The number of H-pyrrole nitrogens is 1. The Morgan fingerprint density at radius 3 is 2.39 bits per heavy atom. The van der Waals surface area contributed by atoms with E-state index < -0.39 is 17.5 Å². The van der Waals surface area contributed by atoms with E-state index in [1.54, 1.807) is 0 Å². The highest BCUT2D eigenvalue weighted by Gasteiger charge is 2.14. The maximum Gasteiger partial charge on any atom is 0.144 e. The lowest BCUT2D eigenvalue weighted by Crippen LogP contribution is -1.90. The first kappa shape index (κ1) is 10.8. The van der Waals surface area contributed by atoms with E-state index in [4.69, 9.17) is 0 Å². The molecule has 18 heavy (non-hydrogen) atoms. The number of imidazole rings is 1. The molecule has 0 amide bonds. The number of aromatic nitrogens is 2. The molecule has 3 rings (SSSR count). The van der Waals surface area contributed by atoms with Gasteiger partial charge in [0.1, 0.15) is 23.3 Å². The molecule has 0 radical (unpaired) electrons. The fourth-order valence-electron chi connectivity index (χ4n) is 1.82. The summed E-state index contributed by atoms with van der Waals surface area (Å²) >= 11 is 0. The molecule has 3 aromatic rings. The molecule has 0 saturated carbocycles. The SMILES string of the molecule is Fc1ccc2nc(-c3c(F)cccc3F)[nH]c2c1. The summed E-state index contributed by atoms with van der Waals surface area (Å²) in [6.07, 6.45) is 0. The predicted octanol–water partition coefficient (Wildman–Crippen LogP) is 3.65. The van der Waals surface area contributed by atoms with E-state index in [1.165, 1.54) is 24.3 Å². The van der Waals surface area contributed by atoms with Crippen molar-refractivity contribution in [1.82, 2.24) is 9.97 Å².